The minimum absolute atomic E-state index is 0.338. The van der Waals surface area contributed by atoms with E-state index in [1.165, 1.54) is 23.3 Å². The highest BCUT2D eigenvalue weighted by molar-refractivity contribution is 7.21. The van der Waals surface area contributed by atoms with Gasteiger partial charge in [-0.3, -0.25) is 4.79 Å². The van der Waals surface area contributed by atoms with E-state index in [-0.39, 0.29) is 0 Å². The van der Waals surface area contributed by atoms with Gasteiger partial charge in [-0.2, -0.15) is 0 Å². The molecule has 1 fully saturated rings. The van der Waals surface area contributed by atoms with Crippen LogP contribution in [0.15, 0.2) is 36.5 Å². The molecule has 0 saturated carbocycles. The Kier molecular flexibility index (Phi) is 5.94. The normalized spacial score (nSPS) is 15.6. The molecule has 2 aromatic heterocycles. The number of fused-ring (bicyclic) bond motifs is 1. The van der Waals surface area contributed by atoms with Crippen molar-refractivity contribution in [2.45, 2.75) is 12.8 Å². The molecule has 1 aliphatic rings. The molecule has 1 aliphatic heterocycles. The molecule has 2 N–H and O–H groups in total. The number of nitrogens with two attached hydrogens (primary N) is 1. The van der Waals surface area contributed by atoms with Gasteiger partial charge in [0.1, 0.15) is 9.71 Å². The molecule has 3 heterocycles. The van der Waals surface area contributed by atoms with Crippen molar-refractivity contribution >= 4 is 50.5 Å². The maximum Gasteiger partial charge on any atom is 0.350 e. The first-order valence-corrected chi connectivity index (χ1v) is 11.5. The fourth-order valence-electron chi connectivity index (χ4n) is 3.94. The second-order valence-electron chi connectivity index (χ2n) is 8.05. The monoisotopic (exact) mass is 469 g/mol. The first kappa shape index (κ1) is 20.3. The topological polar surface area (TPSA) is 92.0 Å². The van der Waals surface area contributed by atoms with Gasteiger partial charge >= 0.3 is 5.97 Å². The molecule has 174 valence electrons. The van der Waals surface area contributed by atoms with E-state index >= 15 is 0 Å². The number of benzene rings is 1. The highest BCUT2D eigenvalue weighted by Gasteiger charge is 2.23. The first-order chi connectivity index (χ1) is 16.6. The van der Waals surface area contributed by atoms with Gasteiger partial charge in [0.2, 0.25) is 5.91 Å². The number of ether oxygens (including phenoxy) is 1. The zero-order chi connectivity index (χ0) is 25.3. The summed E-state index contributed by atoms with van der Waals surface area (Å²) in [6, 6.07) is 9.05. The minimum Gasteiger partial charge on any atom is -0.465 e. The predicted octanol–water partition coefficient (Wildman–Crippen LogP) is 3.01. The van der Waals surface area contributed by atoms with E-state index < -0.39 is 18.2 Å². The number of methoxy groups -OCH3 is 1. The molecule has 0 unspecified atom stereocenters. The van der Waals surface area contributed by atoms with Crippen molar-refractivity contribution in [3.05, 3.63) is 47.0 Å². The van der Waals surface area contributed by atoms with Gasteiger partial charge in [0.25, 0.3) is 0 Å². The van der Waals surface area contributed by atoms with Gasteiger partial charge in [0.15, 0.2) is 0 Å². The van der Waals surface area contributed by atoms with E-state index in [4.69, 9.17) is 13.2 Å². The van der Waals surface area contributed by atoms with E-state index in [0.717, 1.165) is 49.4 Å². The fraction of sp³-hybridized carbons (Fsp3) is 0.375. The van der Waals surface area contributed by atoms with Crippen LogP contribution in [0.5, 0.6) is 0 Å². The maximum atomic E-state index is 12.2. The standard InChI is InChI=1S/C24H29N5O3S/c1-27(2)19(30)15-16-5-7-17(8-6-16)28-11-4-12-29(14-13-28)18-9-10-26-23-20(18)21(25)22(33-23)24(31)32-3/h5-10H,4,11-15,25H2,1-3H3/i15D2. The van der Waals surface area contributed by atoms with Crippen LogP contribution in [0.3, 0.4) is 0 Å². The molecule has 0 atom stereocenters. The van der Waals surface area contributed by atoms with Gasteiger partial charge in [-0.05, 0) is 30.2 Å². The summed E-state index contributed by atoms with van der Waals surface area (Å²) >= 11 is 1.24. The summed E-state index contributed by atoms with van der Waals surface area (Å²) in [5.41, 5.74) is 9.01. The van der Waals surface area contributed by atoms with E-state index in [1.54, 1.807) is 32.4 Å². The number of hydrogen-bond donors (Lipinski definition) is 1. The third kappa shape index (κ3) is 4.73. The molecular weight excluding hydrogens is 438 g/mol. The number of anilines is 3. The van der Waals surface area contributed by atoms with Crippen LogP contribution in [-0.2, 0) is 15.9 Å². The highest BCUT2D eigenvalue weighted by atomic mass is 32.1. The lowest BCUT2D eigenvalue weighted by molar-refractivity contribution is -0.127. The molecule has 9 heteroatoms. The second kappa shape index (κ2) is 9.66. The Bertz CT molecular complexity index is 1250. The molecule has 33 heavy (non-hydrogen) atoms. The molecular formula is C24H29N5O3S. The van der Waals surface area contributed by atoms with E-state index in [9.17, 15) is 9.59 Å². The molecule has 0 aliphatic carbocycles. The van der Waals surface area contributed by atoms with Gasteiger partial charge in [-0.15, -0.1) is 11.3 Å². The zero-order valence-corrected chi connectivity index (χ0v) is 19.8. The number of pyridine rings is 1. The quantitative estimate of drug-likeness (QED) is 0.574. The van der Waals surface area contributed by atoms with Crippen LogP contribution in [0.2, 0.25) is 0 Å². The lowest BCUT2D eigenvalue weighted by Gasteiger charge is -2.25. The largest absolute Gasteiger partial charge is 0.465 e. The van der Waals surface area contributed by atoms with Crippen molar-refractivity contribution in [1.82, 2.24) is 9.88 Å². The Balaban J connectivity index is 1.54. The van der Waals surface area contributed by atoms with Crippen molar-refractivity contribution in [2.24, 2.45) is 0 Å². The molecule has 3 aromatic rings. The van der Waals surface area contributed by atoms with Crippen LogP contribution in [0.25, 0.3) is 10.2 Å². The molecule has 1 aromatic carbocycles. The first-order valence-electron chi connectivity index (χ1n) is 11.7. The van der Waals surface area contributed by atoms with Crippen molar-refractivity contribution in [3.8, 4) is 0 Å². The number of thiophene rings is 1. The number of amides is 1. The third-order valence-corrected chi connectivity index (χ3v) is 6.80. The average Bonchev–Trinajstić information content (AvgIpc) is 3.03. The Morgan fingerprint density at radius 2 is 1.85 bits per heavy atom. The summed E-state index contributed by atoms with van der Waals surface area (Å²) in [6.45, 7) is 3.14. The summed E-state index contributed by atoms with van der Waals surface area (Å²) in [4.78, 5) is 35.6. The molecule has 8 nitrogen and oxygen atoms in total. The Labute approximate surface area is 200 Å². The summed E-state index contributed by atoms with van der Waals surface area (Å²) in [7, 11) is 4.44. The van der Waals surface area contributed by atoms with Crippen LogP contribution in [0.1, 0.15) is 24.4 Å². The summed E-state index contributed by atoms with van der Waals surface area (Å²) in [5.74, 6) is -1.04. The summed E-state index contributed by atoms with van der Waals surface area (Å²) < 4.78 is 21.3. The Morgan fingerprint density at radius 1 is 1.15 bits per heavy atom. The number of carbonyl (C=O) groups excluding carboxylic acids is 2. The van der Waals surface area contributed by atoms with Crippen molar-refractivity contribution in [1.29, 1.82) is 0 Å². The average molecular weight is 470 g/mol. The molecule has 0 bridgehead atoms. The minimum atomic E-state index is -2.08. The zero-order valence-electron chi connectivity index (χ0n) is 21.0. The predicted molar refractivity (Wildman–Crippen MR) is 133 cm³/mol. The number of nitrogens with zero attached hydrogens (tertiary/aromatic N) is 4. The number of rotatable bonds is 5. The van der Waals surface area contributed by atoms with Gasteiger partial charge in [0, 0.05) is 54.9 Å². The van der Waals surface area contributed by atoms with Crippen LogP contribution in [0.4, 0.5) is 17.1 Å². The summed E-state index contributed by atoms with van der Waals surface area (Å²) in [5, 5.41) is 0.781. The number of aromatic nitrogens is 1. The van der Waals surface area contributed by atoms with Crippen LogP contribution in [0, 0.1) is 0 Å². The fourth-order valence-corrected chi connectivity index (χ4v) is 4.95. The molecule has 1 amide bonds. The van der Waals surface area contributed by atoms with Crippen LogP contribution >= 0.6 is 11.3 Å². The van der Waals surface area contributed by atoms with Crippen LogP contribution < -0.4 is 15.5 Å². The molecule has 1 saturated heterocycles. The second-order valence-corrected chi connectivity index (χ2v) is 9.04. The lowest BCUT2D eigenvalue weighted by atomic mass is 10.1. The van der Waals surface area contributed by atoms with Gasteiger partial charge in [-0.25, -0.2) is 9.78 Å². The number of likely N-dealkylation sites (N-methyl/N-ethyl adjacent to an activating group) is 1. The van der Waals surface area contributed by atoms with Gasteiger partial charge < -0.3 is 25.2 Å². The maximum absolute atomic E-state index is 12.2. The van der Waals surface area contributed by atoms with Gasteiger partial charge in [-0.1, -0.05) is 12.1 Å². The Morgan fingerprint density at radius 3 is 2.55 bits per heavy atom. The lowest BCUT2D eigenvalue weighted by Crippen LogP contribution is -2.30. The van der Waals surface area contributed by atoms with Crippen LogP contribution in [-0.4, -0.2) is 69.1 Å². The number of hydrogen-bond acceptors (Lipinski definition) is 8. The third-order valence-electron chi connectivity index (χ3n) is 5.70. The van der Waals surface area contributed by atoms with E-state index in [1.807, 2.05) is 18.2 Å². The molecule has 4 rings (SSSR count). The van der Waals surface area contributed by atoms with E-state index in [2.05, 4.69) is 14.8 Å². The van der Waals surface area contributed by atoms with Crippen molar-refractivity contribution in [3.63, 3.8) is 0 Å². The highest BCUT2D eigenvalue weighted by Crippen LogP contribution is 2.39. The molecule has 0 radical (unpaired) electrons. The SMILES string of the molecule is [2H]C([2H])(C(=O)N(C)C)c1ccc(N2CCCN(c3ccnc4sc(C(=O)OC)c(N)c34)CC2)cc1. The van der Waals surface area contributed by atoms with E-state index in [0.29, 0.717) is 21.0 Å². The smallest absolute Gasteiger partial charge is 0.350 e. The number of esters is 1. The number of carbonyl (C=O) groups is 2. The Hall–Kier alpha value is -3.33. The molecule has 0 spiro atoms. The van der Waals surface area contributed by atoms with Crippen molar-refractivity contribution in [2.75, 3.05) is 62.9 Å². The number of nitrogen functional groups attached to an aromatic ring is 1. The van der Waals surface area contributed by atoms with Gasteiger partial charge in [0.05, 0.1) is 30.2 Å². The summed E-state index contributed by atoms with van der Waals surface area (Å²) in [6.07, 6.45) is 0.562. The van der Waals surface area contributed by atoms with Crippen molar-refractivity contribution < 1.29 is 17.1 Å².